The van der Waals surface area contributed by atoms with Gasteiger partial charge in [-0.15, -0.1) is 0 Å². The number of nitrogens with one attached hydrogen (secondary N) is 3. The zero-order valence-corrected chi connectivity index (χ0v) is 15.0. The number of likely N-dealkylation sites (N-methyl/N-ethyl adjacent to an activating group) is 1. The van der Waals surface area contributed by atoms with E-state index in [0.717, 1.165) is 0 Å². The second-order valence-electron chi connectivity index (χ2n) is 6.12. The fourth-order valence-electron chi connectivity index (χ4n) is 2.48. The summed E-state index contributed by atoms with van der Waals surface area (Å²) in [7, 11) is -1.79. The quantitative estimate of drug-likeness (QED) is 0.621. The Hall–Kier alpha value is -1.93. The molecule has 0 aliphatic carbocycles. The zero-order valence-electron chi connectivity index (χ0n) is 14.2. The van der Waals surface area contributed by atoms with Crippen LogP contribution in [0.25, 0.3) is 0 Å². The van der Waals surface area contributed by atoms with E-state index in [1.807, 2.05) is 20.9 Å². The smallest absolute Gasteiger partial charge is 0.263 e. The summed E-state index contributed by atoms with van der Waals surface area (Å²) in [4.78, 5) is 17.0. The minimum atomic E-state index is -3.60. The highest BCUT2D eigenvalue weighted by Gasteiger charge is 2.31. The maximum absolute atomic E-state index is 12.4. The molecule has 8 heteroatoms. The van der Waals surface area contributed by atoms with Gasteiger partial charge in [-0.3, -0.25) is 14.5 Å². The lowest BCUT2D eigenvalue weighted by Crippen LogP contribution is -2.39. The summed E-state index contributed by atoms with van der Waals surface area (Å²) < 4.78 is 26.7. The van der Waals surface area contributed by atoms with Gasteiger partial charge in [-0.05, 0) is 31.5 Å². The molecule has 1 aliphatic rings. The molecular formula is C16H24N4O3S. The molecule has 1 aliphatic heterocycles. The molecule has 0 aromatic heterocycles. The van der Waals surface area contributed by atoms with E-state index < -0.39 is 16.1 Å². The van der Waals surface area contributed by atoms with Crippen LogP contribution in [0.3, 0.4) is 0 Å². The van der Waals surface area contributed by atoms with Crippen molar-refractivity contribution in [2.24, 2.45) is 10.9 Å². The van der Waals surface area contributed by atoms with Crippen molar-refractivity contribution in [3.05, 3.63) is 29.8 Å². The highest BCUT2D eigenvalue weighted by molar-refractivity contribution is 7.90. The van der Waals surface area contributed by atoms with Gasteiger partial charge in [-0.1, -0.05) is 26.0 Å². The summed E-state index contributed by atoms with van der Waals surface area (Å²) in [6.07, 6.45) is 0.540. The molecule has 24 heavy (non-hydrogen) atoms. The molecule has 3 N–H and O–H groups in total. The number of carbonyl (C=O) groups is 1. The van der Waals surface area contributed by atoms with Gasteiger partial charge in [0, 0.05) is 18.7 Å². The first-order valence-electron chi connectivity index (χ1n) is 7.97. The van der Waals surface area contributed by atoms with Gasteiger partial charge in [-0.25, -0.2) is 8.42 Å². The third-order valence-corrected chi connectivity index (χ3v) is 5.02. The van der Waals surface area contributed by atoms with Crippen LogP contribution < -0.4 is 15.4 Å². The maximum atomic E-state index is 12.4. The summed E-state index contributed by atoms with van der Waals surface area (Å²) in [5.41, 5.74) is 0.509. The lowest BCUT2D eigenvalue weighted by Gasteiger charge is -2.16. The predicted molar refractivity (Wildman–Crippen MR) is 93.5 cm³/mol. The number of aliphatic imine (C=N–C) groups is 1. The number of benzene rings is 1. The van der Waals surface area contributed by atoms with Gasteiger partial charge in [0.1, 0.15) is 11.9 Å². The number of hydrogen-bond acceptors (Lipinski definition) is 5. The highest BCUT2D eigenvalue weighted by Crippen LogP contribution is 2.23. The Morgan fingerprint density at radius 2 is 1.96 bits per heavy atom. The number of hydrogen-bond donors (Lipinski definition) is 3. The SMILES string of the molecule is CNCCNC(=O)C(CC(C)C)N=C1NS(=O)(=O)c2ccccc21. The van der Waals surface area contributed by atoms with Crippen molar-refractivity contribution in [1.29, 1.82) is 0 Å². The maximum Gasteiger partial charge on any atom is 0.263 e. The molecule has 0 saturated heterocycles. The third-order valence-electron chi connectivity index (χ3n) is 3.62. The molecular weight excluding hydrogens is 328 g/mol. The van der Waals surface area contributed by atoms with Gasteiger partial charge < -0.3 is 10.6 Å². The van der Waals surface area contributed by atoms with Crippen LogP contribution in [0.4, 0.5) is 0 Å². The van der Waals surface area contributed by atoms with E-state index in [1.165, 1.54) is 6.07 Å². The monoisotopic (exact) mass is 352 g/mol. The van der Waals surface area contributed by atoms with Crippen LogP contribution in [0.5, 0.6) is 0 Å². The fourth-order valence-corrected chi connectivity index (χ4v) is 3.72. The van der Waals surface area contributed by atoms with Gasteiger partial charge in [0.25, 0.3) is 10.0 Å². The second kappa shape index (κ2) is 7.76. The molecule has 0 fully saturated rings. The number of nitrogens with zero attached hydrogens (tertiary/aromatic N) is 1. The number of fused-ring (bicyclic) bond motifs is 1. The van der Waals surface area contributed by atoms with Crippen molar-refractivity contribution >= 4 is 21.8 Å². The average molecular weight is 352 g/mol. The summed E-state index contributed by atoms with van der Waals surface area (Å²) in [5.74, 6) is 0.290. The van der Waals surface area contributed by atoms with Crippen LogP contribution in [0.15, 0.2) is 34.2 Å². The molecule has 0 spiro atoms. The lowest BCUT2D eigenvalue weighted by atomic mass is 10.0. The standard InChI is InChI=1S/C16H24N4O3S/c1-11(2)10-13(16(21)18-9-8-17-3)19-15-12-6-4-5-7-14(12)24(22,23)20-15/h4-7,11,13,17H,8-10H2,1-3H3,(H,18,21)(H,19,20). The second-order valence-corrected chi connectivity index (χ2v) is 7.77. The van der Waals surface area contributed by atoms with Crippen molar-refractivity contribution in [2.75, 3.05) is 20.1 Å². The van der Waals surface area contributed by atoms with Crippen LogP contribution >= 0.6 is 0 Å². The molecule has 7 nitrogen and oxygen atoms in total. The van der Waals surface area contributed by atoms with Crippen LogP contribution in [0.1, 0.15) is 25.8 Å². The Kier molecular flexibility index (Phi) is 5.95. The first-order chi connectivity index (χ1) is 11.3. The third kappa shape index (κ3) is 4.33. The molecule has 0 bridgehead atoms. The minimum absolute atomic E-state index is 0.197. The topological polar surface area (TPSA) is 99.7 Å². The summed E-state index contributed by atoms with van der Waals surface area (Å²) in [6, 6.07) is 6.01. The largest absolute Gasteiger partial charge is 0.353 e. The number of amides is 1. The van der Waals surface area contributed by atoms with Crippen molar-refractivity contribution in [2.45, 2.75) is 31.2 Å². The van der Waals surface area contributed by atoms with Gasteiger partial charge >= 0.3 is 0 Å². The van der Waals surface area contributed by atoms with E-state index in [2.05, 4.69) is 20.3 Å². The lowest BCUT2D eigenvalue weighted by molar-refractivity contribution is -0.122. The van der Waals surface area contributed by atoms with Crippen LogP contribution in [-0.2, 0) is 14.8 Å². The molecule has 1 heterocycles. The first kappa shape index (κ1) is 18.4. The molecule has 1 aromatic rings. The van der Waals surface area contributed by atoms with E-state index in [0.29, 0.717) is 25.1 Å². The minimum Gasteiger partial charge on any atom is -0.353 e. The first-order valence-corrected chi connectivity index (χ1v) is 9.46. The van der Waals surface area contributed by atoms with E-state index in [9.17, 15) is 13.2 Å². The van der Waals surface area contributed by atoms with Crippen molar-refractivity contribution in [3.63, 3.8) is 0 Å². The van der Waals surface area contributed by atoms with Crippen molar-refractivity contribution < 1.29 is 13.2 Å². The van der Waals surface area contributed by atoms with Gasteiger partial charge in [0.2, 0.25) is 5.91 Å². The number of rotatable bonds is 7. The summed E-state index contributed by atoms with van der Waals surface area (Å²) in [5, 5.41) is 5.78. The highest BCUT2D eigenvalue weighted by atomic mass is 32.2. The number of amidine groups is 1. The number of carbonyl (C=O) groups excluding carboxylic acids is 1. The van der Waals surface area contributed by atoms with Crippen LogP contribution in [-0.4, -0.2) is 46.3 Å². The van der Waals surface area contributed by atoms with Crippen LogP contribution in [0.2, 0.25) is 0 Å². The Morgan fingerprint density at radius 3 is 2.62 bits per heavy atom. The molecule has 0 radical (unpaired) electrons. The van der Waals surface area contributed by atoms with Gasteiger partial charge in [0.05, 0.1) is 4.90 Å². The zero-order chi connectivity index (χ0) is 17.7. The Morgan fingerprint density at radius 1 is 1.25 bits per heavy atom. The Bertz CT molecular complexity index is 729. The fraction of sp³-hybridized carbons (Fsp3) is 0.500. The van der Waals surface area contributed by atoms with E-state index >= 15 is 0 Å². The molecule has 1 atom stereocenters. The number of sulfonamides is 1. The van der Waals surface area contributed by atoms with E-state index in [1.54, 1.807) is 18.2 Å². The predicted octanol–water partition coefficient (Wildman–Crippen LogP) is 0.475. The van der Waals surface area contributed by atoms with Crippen LogP contribution in [0, 0.1) is 5.92 Å². The molecule has 1 amide bonds. The summed E-state index contributed by atoms with van der Waals surface area (Å²) >= 11 is 0. The molecule has 0 saturated carbocycles. The summed E-state index contributed by atoms with van der Waals surface area (Å²) in [6.45, 7) is 5.16. The van der Waals surface area contributed by atoms with Crippen molar-refractivity contribution in [3.8, 4) is 0 Å². The molecule has 1 aromatic carbocycles. The van der Waals surface area contributed by atoms with Gasteiger partial charge in [0.15, 0.2) is 0 Å². The van der Waals surface area contributed by atoms with E-state index in [4.69, 9.17) is 0 Å². The van der Waals surface area contributed by atoms with Gasteiger partial charge in [-0.2, -0.15) is 0 Å². The Labute approximate surface area is 143 Å². The molecule has 2 rings (SSSR count). The van der Waals surface area contributed by atoms with Crippen molar-refractivity contribution in [1.82, 2.24) is 15.4 Å². The Balaban J connectivity index is 2.28. The average Bonchev–Trinajstić information content (AvgIpc) is 2.78. The van der Waals surface area contributed by atoms with E-state index in [-0.39, 0.29) is 22.6 Å². The molecule has 1 unspecified atom stereocenters. The normalized spacial score (nSPS) is 18.2. The molecule has 132 valence electrons.